The molecule has 0 radical (unpaired) electrons. The Hall–Kier alpha value is -2.76. The van der Waals surface area contributed by atoms with Crippen molar-refractivity contribution in [3.8, 4) is 6.07 Å². The number of esters is 1. The predicted molar refractivity (Wildman–Crippen MR) is 68.3 cm³/mol. The fraction of sp³-hybridized carbons (Fsp3) is 0.182. The molecule has 1 N–H and O–H groups in total. The van der Waals surface area contributed by atoms with Gasteiger partial charge in [0.15, 0.2) is 11.6 Å². The lowest BCUT2D eigenvalue weighted by molar-refractivity contribution is -0.137. The van der Waals surface area contributed by atoms with Crippen LogP contribution in [-0.2, 0) is 24.3 Å². The number of nitriles is 1. The SMILES string of the molecule is COC(=O)CS(=O)(=O)Nc1cc(N=C=O)c(F)cc1C#N. The maximum Gasteiger partial charge on any atom is 0.322 e. The van der Waals surface area contributed by atoms with Crippen LogP contribution in [0.1, 0.15) is 5.56 Å². The van der Waals surface area contributed by atoms with E-state index < -0.39 is 33.3 Å². The Labute approximate surface area is 118 Å². The fourth-order valence-corrected chi connectivity index (χ4v) is 2.30. The van der Waals surface area contributed by atoms with Crippen LogP contribution >= 0.6 is 0 Å². The van der Waals surface area contributed by atoms with Crippen molar-refractivity contribution in [2.45, 2.75) is 0 Å². The number of sulfonamides is 1. The summed E-state index contributed by atoms with van der Waals surface area (Å²) in [7, 11) is -3.15. The van der Waals surface area contributed by atoms with Gasteiger partial charge < -0.3 is 4.74 Å². The second kappa shape index (κ2) is 6.60. The molecule has 0 aromatic heterocycles. The molecule has 0 saturated carbocycles. The van der Waals surface area contributed by atoms with Gasteiger partial charge in [0.1, 0.15) is 11.8 Å². The van der Waals surface area contributed by atoms with Crippen LogP contribution < -0.4 is 4.72 Å². The lowest BCUT2D eigenvalue weighted by Crippen LogP contribution is -2.24. The van der Waals surface area contributed by atoms with E-state index in [1.807, 2.05) is 4.72 Å². The van der Waals surface area contributed by atoms with Crippen LogP contribution in [-0.4, -0.2) is 33.3 Å². The highest BCUT2D eigenvalue weighted by molar-refractivity contribution is 7.93. The summed E-state index contributed by atoms with van der Waals surface area (Å²) in [6.07, 6.45) is 1.09. The van der Waals surface area contributed by atoms with Crippen molar-refractivity contribution in [3.63, 3.8) is 0 Å². The van der Waals surface area contributed by atoms with Crippen molar-refractivity contribution in [1.29, 1.82) is 5.26 Å². The van der Waals surface area contributed by atoms with Crippen LogP contribution in [0.25, 0.3) is 0 Å². The van der Waals surface area contributed by atoms with Crippen LogP contribution in [0.4, 0.5) is 15.8 Å². The van der Waals surface area contributed by atoms with Crippen LogP contribution in [0.2, 0.25) is 0 Å². The quantitative estimate of drug-likeness (QED) is 0.481. The van der Waals surface area contributed by atoms with Crippen molar-refractivity contribution in [3.05, 3.63) is 23.5 Å². The number of hydrogen-bond acceptors (Lipinski definition) is 7. The summed E-state index contributed by atoms with van der Waals surface area (Å²) in [4.78, 5) is 24.1. The molecule has 0 heterocycles. The molecule has 110 valence electrons. The van der Waals surface area contributed by atoms with E-state index in [0.29, 0.717) is 6.07 Å². The first-order valence-corrected chi connectivity index (χ1v) is 6.87. The molecule has 8 nitrogen and oxygen atoms in total. The Morgan fingerprint density at radius 3 is 2.71 bits per heavy atom. The number of benzene rings is 1. The van der Waals surface area contributed by atoms with Gasteiger partial charge in [0.25, 0.3) is 0 Å². The van der Waals surface area contributed by atoms with Crippen LogP contribution in [0.3, 0.4) is 0 Å². The number of hydrogen-bond donors (Lipinski definition) is 1. The average molecular weight is 313 g/mol. The number of nitrogens with one attached hydrogen (secondary N) is 1. The summed E-state index contributed by atoms with van der Waals surface area (Å²) in [6.45, 7) is 0. The molecule has 1 aromatic carbocycles. The predicted octanol–water partition coefficient (Wildman–Crippen LogP) is 0.579. The number of rotatable bonds is 5. The summed E-state index contributed by atoms with van der Waals surface area (Å²) in [6, 6.07) is 3.11. The van der Waals surface area contributed by atoms with Gasteiger partial charge in [-0.05, 0) is 12.1 Å². The second-order valence-electron chi connectivity index (χ2n) is 3.60. The summed E-state index contributed by atoms with van der Waals surface area (Å²) in [5.41, 5.74) is -1.16. The maximum atomic E-state index is 13.4. The molecule has 0 spiro atoms. The number of isocyanates is 1. The van der Waals surface area contributed by atoms with Crippen molar-refractivity contribution in [2.24, 2.45) is 4.99 Å². The standard InChI is InChI=1S/C11H8FN3O5S/c1-20-11(17)5-21(18,19)15-9-3-10(14-6-16)8(12)2-7(9)4-13/h2-3,15H,5H2,1H3. The molecule has 0 amide bonds. The molecule has 1 aromatic rings. The summed E-state index contributed by atoms with van der Waals surface area (Å²) in [5.74, 6) is -3.00. The van der Waals surface area contributed by atoms with Gasteiger partial charge in [0, 0.05) is 0 Å². The molecule has 0 bridgehead atoms. The molecule has 0 unspecified atom stereocenters. The fourth-order valence-electron chi connectivity index (χ4n) is 1.29. The third-order valence-electron chi connectivity index (χ3n) is 2.17. The summed E-state index contributed by atoms with van der Waals surface area (Å²) >= 11 is 0. The van der Waals surface area contributed by atoms with Crippen LogP contribution in [0.15, 0.2) is 17.1 Å². The Morgan fingerprint density at radius 1 is 1.52 bits per heavy atom. The molecule has 10 heteroatoms. The zero-order chi connectivity index (χ0) is 16.0. The van der Waals surface area contributed by atoms with Crippen molar-refractivity contribution >= 4 is 33.4 Å². The minimum absolute atomic E-state index is 0.322. The third-order valence-corrected chi connectivity index (χ3v) is 3.32. The van der Waals surface area contributed by atoms with Crippen molar-refractivity contribution in [1.82, 2.24) is 0 Å². The van der Waals surface area contributed by atoms with Gasteiger partial charge in [-0.1, -0.05) is 0 Å². The number of carbonyl (C=O) groups excluding carboxylic acids is 2. The van der Waals surface area contributed by atoms with Gasteiger partial charge in [-0.25, -0.2) is 17.6 Å². The minimum atomic E-state index is -4.16. The van der Waals surface area contributed by atoms with E-state index in [-0.39, 0.29) is 11.3 Å². The average Bonchev–Trinajstić information content (AvgIpc) is 2.41. The van der Waals surface area contributed by atoms with E-state index in [9.17, 15) is 22.4 Å². The minimum Gasteiger partial charge on any atom is -0.468 e. The number of methoxy groups -OCH3 is 1. The van der Waals surface area contributed by atoms with E-state index >= 15 is 0 Å². The van der Waals surface area contributed by atoms with E-state index in [2.05, 4.69) is 9.73 Å². The molecule has 21 heavy (non-hydrogen) atoms. The van der Waals surface area contributed by atoms with Crippen molar-refractivity contribution < 1.29 is 27.1 Å². The Morgan fingerprint density at radius 2 is 2.19 bits per heavy atom. The molecular formula is C11H8FN3O5S. The molecule has 0 aliphatic rings. The van der Waals surface area contributed by atoms with E-state index in [1.54, 1.807) is 6.07 Å². The Balaban J connectivity index is 3.24. The lowest BCUT2D eigenvalue weighted by atomic mass is 10.2. The van der Waals surface area contributed by atoms with Gasteiger partial charge >= 0.3 is 5.97 Å². The molecule has 0 atom stereocenters. The molecule has 0 aliphatic heterocycles. The Bertz CT molecular complexity index is 763. The first-order valence-electron chi connectivity index (χ1n) is 5.21. The monoisotopic (exact) mass is 313 g/mol. The zero-order valence-corrected chi connectivity index (χ0v) is 11.4. The number of aliphatic imine (C=N–C) groups is 1. The third kappa shape index (κ3) is 4.38. The number of ether oxygens (including phenoxy) is 1. The molecule has 0 aliphatic carbocycles. The lowest BCUT2D eigenvalue weighted by Gasteiger charge is -2.09. The maximum absolute atomic E-state index is 13.4. The number of nitrogens with zero attached hydrogens (tertiary/aromatic N) is 2. The number of halogens is 1. The van der Waals surface area contributed by atoms with E-state index in [1.165, 1.54) is 0 Å². The highest BCUT2D eigenvalue weighted by Crippen LogP contribution is 2.26. The topological polar surface area (TPSA) is 126 Å². The largest absolute Gasteiger partial charge is 0.468 e. The Kier molecular flexibility index (Phi) is 5.12. The van der Waals surface area contributed by atoms with Gasteiger partial charge in [-0.2, -0.15) is 10.3 Å². The van der Waals surface area contributed by atoms with Gasteiger partial charge in [0.05, 0.1) is 18.4 Å². The van der Waals surface area contributed by atoms with Gasteiger partial charge in [-0.15, -0.1) is 0 Å². The normalized spacial score (nSPS) is 10.1. The van der Waals surface area contributed by atoms with E-state index in [4.69, 9.17) is 5.26 Å². The smallest absolute Gasteiger partial charge is 0.322 e. The van der Waals surface area contributed by atoms with E-state index in [0.717, 1.165) is 19.3 Å². The highest BCUT2D eigenvalue weighted by Gasteiger charge is 2.20. The number of anilines is 1. The second-order valence-corrected chi connectivity index (χ2v) is 5.32. The van der Waals surface area contributed by atoms with Gasteiger partial charge in [-0.3, -0.25) is 9.52 Å². The molecule has 0 fully saturated rings. The summed E-state index contributed by atoms with van der Waals surface area (Å²) < 4.78 is 42.9. The summed E-state index contributed by atoms with van der Waals surface area (Å²) in [5, 5.41) is 8.84. The first kappa shape index (κ1) is 16.3. The first-order chi connectivity index (χ1) is 9.82. The molecular weight excluding hydrogens is 305 g/mol. The van der Waals surface area contributed by atoms with Crippen molar-refractivity contribution in [2.75, 3.05) is 17.6 Å². The van der Waals surface area contributed by atoms with Crippen LogP contribution in [0, 0.1) is 17.1 Å². The molecule has 0 saturated heterocycles. The zero-order valence-electron chi connectivity index (χ0n) is 10.6. The molecule has 1 rings (SSSR count). The van der Waals surface area contributed by atoms with Gasteiger partial charge in [0.2, 0.25) is 16.1 Å². The number of carbonyl (C=O) groups is 1. The highest BCUT2D eigenvalue weighted by atomic mass is 32.2. The van der Waals surface area contributed by atoms with Crippen LogP contribution in [0.5, 0.6) is 0 Å².